The van der Waals surface area contributed by atoms with Crippen molar-refractivity contribution in [3.63, 3.8) is 0 Å². The van der Waals surface area contributed by atoms with Gasteiger partial charge >= 0.3 is 6.09 Å². The fourth-order valence-electron chi connectivity index (χ4n) is 2.56. The van der Waals surface area contributed by atoms with E-state index in [2.05, 4.69) is 4.98 Å². The van der Waals surface area contributed by atoms with Crippen molar-refractivity contribution in [2.45, 2.75) is 45.3 Å². The number of carbonyl (C=O) groups is 1. The molecule has 1 aliphatic heterocycles. The molecule has 1 amide bonds. The summed E-state index contributed by atoms with van der Waals surface area (Å²) in [6.45, 7) is 6.51. The third-order valence-corrected chi connectivity index (χ3v) is 4.02. The van der Waals surface area contributed by atoms with Crippen LogP contribution < -0.4 is 0 Å². The van der Waals surface area contributed by atoms with E-state index in [1.807, 2.05) is 26.8 Å². The van der Waals surface area contributed by atoms with Gasteiger partial charge in [-0.3, -0.25) is 4.98 Å². The lowest BCUT2D eigenvalue weighted by atomic mass is 9.89. The molecule has 122 valence electrons. The van der Waals surface area contributed by atoms with Gasteiger partial charge in [0.05, 0.1) is 11.1 Å². The van der Waals surface area contributed by atoms with Gasteiger partial charge < -0.3 is 14.7 Å². The Hall–Kier alpha value is -1.33. The molecule has 2 atom stereocenters. The molecule has 0 spiro atoms. The minimum atomic E-state index is -0.517. The highest BCUT2D eigenvalue weighted by Crippen LogP contribution is 2.25. The van der Waals surface area contributed by atoms with Gasteiger partial charge in [-0.25, -0.2) is 4.79 Å². The van der Waals surface area contributed by atoms with Crippen LogP contribution in [-0.4, -0.2) is 45.9 Å². The van der Waals surface area contributed by atoms with Gasteiger partial charge in [-0.2, -0.15) is 0 Å². The molecule has 1 aromatic heterocycles. The molecule has 0 saturated carbocycles. The molecule has 2 heterocycles. The topological polar surface area (TPSA) is 62.7 Å². The first-order valence-electron chi connectivity index (χ1n) is 7.50. The second-order valence-corrected chi connectivity index (χ2v) is 7.12. The molecule has 0 aromatic carbocycles. The summed E-state index contributed by atoms with van der Waals surface area (Å²) in [4.78, 5) is 17.8. The molecule has 1 aromatic rings. The van der Waals surface area contributed by atoms with Crippen LogP contribution in [-0.2, 0) is 11.2 Å². The zero-order chi connectivity index (χ0) is 16.3. The Morgan fingerprint density at radius 1 is 1.55 bits per heavy atom. The minimum Gasteiger partial charge on any atom is -0.444 e. The maximum atomic E-state index is 12.2. The van der Waals surface area contributed by atoms with E-state index in [0.29, 0.717) is 31.0 Å². The molecule has 0 bridgehead atoms. The van der Waals surface area contributed by atoms with Crippen molar-refractivity contribution >= 4 is 17.7 Å². The maximum absolute atomic E-state index is 12.2. The Morgan fingerprint density at radius 2 is 2.27 bits per heavy atom. The number of amides is 1. The van der Waals surface area contributed by atoms with Crippen LogP contribution in [0, 0.1) is 5.92 Å². The zero-order valence-electron chi connectivity index (χ0n) is 13.3. The van der Waals surface area contributed by atoms with Crippen molar-refractivity contribution in [1.29, 1.82) is 0 Å². The lowest BCUT2D eigenvalue weighted by Gasteiger charge is -2.37. The fraction of sp³-hybridized carbons (Fsp3) is 0.625. The summed E-state index contributed by atoms with van der Waals surface area (Å²) in [5, 5.41) is 10.8. The van der Waals surface area contributed by atoms with E-state index in [4.69, 9.17) is 16.3 Å². The Balaban J connectivity index is 2.02. The number of hydrogen-bond acceptors (Lipinski definition) is 4. The summed E-state index contributed by atoms with van der Waals surface area (Å²) in [6.07, 6.45) is 3.67. The molecule has 5 nitrogen and oxygen atoms in total. The smallest absolute Gasteiger partial charge is 0.410 e. The molecule has 1 fully saturated rings. The van der Waals surface area contributed by atoms with Gasteiger partial charge in [-0.1, -0.05) is 11.6 Å². The summed E-state index contributed by atoms with van der Waals surface area (Å²) in [5.74, 6) is -0.0545. The molecule has 2 unspecified atom stereocenters. The molecule has 0 radical (unpaired) electrons. The number of piperidine rings is 1. The summed E-state index contributed by atoms with van der Waals surface area (Å²) >= 11 is 6.13. The lowest BCUT2D eigenvalue weighted by molar-refractivity contribution is -0.00823. The highest BCUT2D eigenvalue weighted by atomic mass is 35.5. The van der Waals surface area contributed by atoms with E-state index in [9.17, 15) is 9.90 Å². The van der Waals surface area contributed by atoms with Gasteiger partial charge in [0.25, 0.3) is 0 Å². The number of rotatable bonds is 2. The number of pyridine rings is 1. The number of likely N-dealkylation sites (tertiary alicyclic amines) is 1. The van der Waals surface area contributed by atoms with Crippen LogP contribution in [0.4, 0.5) is 4.79 Å². The van der Waals surface area contributed by atoms with E-state index < -0.39 is 11.7 Å². The second kappa shape index (κ2) is 6.84. The van der Waals surface area contributed by atoms with Gasteiger partial charge in [0, 0.05) is 31.4 Å². The van der Waals surface area contributed by atoms with Crippen LogP contribution in [0.5, 0.6) is 0 Å². The van der Waals surface area contributed by atoms with Crippen LogP contribution in [0.15, 0.2) is 18.5 Å². The SMILES string of the molecule is CC(C)(C)OC(=O)N1CCC(O)C(Cc2ccncc2Cl)C1. The summed E-state index contributed by atoms with van der Waals surface area (Å²) < 4.78 is 5.40. The molecule has 6 heteroatoms. The number of hydrogen-bond donors (Lipinski definition) is 1. The predicted molar refractivity (Wildman–Crippen MR) is 84.9 cm³/mol. The van der Waals surface area contributed by atoms with Crippen molar-refractivity contribution in [2.24, 2.45) is 5.92 Å². The van der Waals surface area contributed by atoms with E-state index in [0.717, 1.165) is 5.56 Å². The Morgan fingerprint density at radius 3 is 2.91 bits per heavy atom. The Kier molecular flexibility index (Phi) is 5.29. The minimum absolute atomic E-state index is 0.0545. The number of aliphatic hydroxyl groups excluding tert-OH is 1. The number of aromatic nitrogens is 1. The first-order chi connectivity index (χ1) is 10.3. The quantitative estimate of drug-likeness (QED) is 0.907. The van der Waals surface area contributed by atoms with E-state index >= 15 is 0 Å². The third-order valence-electron chi connectivity index (χ3n) is 3.68. The zero-order valence-corrected chi connectivity index (χ0v) is 14.0. The van der Waals surface area contributed by atoms with Crippen molar-refractivity contribution < 1.29 is 14.6 Å². The largest absolute Gasteiger partial charge is 0.444 e. The lowest BCUT2D eigenvalue weighted by Crippen LogP contribution is -2.48. The summed E-state index contributed by atoms with van der Waals surface area (Å²) in [5.41, 5.74) is 0.420. The Bertz CT molecular complexity index is 530. The second-order valence-electron chi connectivity index (χ2n) is 6.71. The van der Waals surface area contributed by atoms with Crippen molar-refractivity contribution in [3.8, 4) is 0 Å². The standard InChI is InChI=1S/C16H23ClN2O3/c1-16(2,3)22-15(21)19-7-5-14(20)12(10-19)8-11-4-6-18-9-13(11)17/h4,6,9,12,14,20H,5,7-8,10H2,1-3H3. The van der Waals surface area contributed by atoms with Crippen LogP contribution >= 0.6 is 11.6 Å². The fourth-order valence-corrected chi connectivity index (χ4v) is 2.76. The summed E-state index contributed by atoms with van der Waals surface area (Å²) in [7, 11) is 0. The van der Waals surface area contributed by atoms with E-state index in [1.54, 1.807) is 17.3 Å². The molecular weight excluding hydrogens is 304 g/mol. The maximum Gasteiger partial charge on any atom is 0.410 e. The van der Waals surface area contributed by atoms with Crippen LogP contribution in [0.3, 0.4) is 0 Å². The van der Waals surface area contributed by atoms with Crippen LogP contribution in [0.25, 0.3) is 0 Å². The normalized spacial score (nSPS) is 22.5. The van der Waals surface area contributed by atoms with Gasteiger partial charge in [-0.15, -0.1) is 0 Å². The average molecular weight is 327 g/mol. The monoisotopic (exact) mass is 326 g/mol. The van der Waals surface area contributed by atoms with E-state index in [1.165, 1.54) is 0 Å². The molecular formula is C16H23ClN2O3. The molecule has 22 heavy (non-hydrogen) atoms. The number of nitrogens with zero attached hydrogens (tertiary/aromatic N) is 2. The first kappa shape index (κ1) is 17.0. The van der Waals surface area contributed by atoms with Crippen molar-refractivity contribution in [3.05, 3.63) is 29.0 Å². The number of carbonyl (C=O) groups excluding carboxylic acids is 1. The van der Waals surface area contributed by atoms with E-state index in [-0.39, 0.29) is 12.0 Å². The number of halogens is 1. The average Bonchev–Trinajstić information content (AvgIpc) is 2.41. The Labute approximate surface area is 136 Å². The highest BCUT2D eigenvalue weighted by Gasteiger charge is 2.32. The van der Waals surface area contributed by atoms with Gasteiger partial charge in [0.2, 0.25) is 0 Å². The van der Waals surface area contributed by atoms with Crippen molar-refractivity contribution in [1.82, 2.24) is 9.88 Å². The van der Waals surface area contributed by atoms with Gasteiger partial charge in [-0.05, 0) is 45.2 Å². The van der Waals surface area contributed by atoms with Gasteiger partial charge in [0.1, 0.15) is 5.60 Å². The van der Waals surface area contributed by atoms with Crippen LogP contribution in [0.1, 0.15) is 32.8 Å². The van der Waals surface area contributed by atoms with Gasteiger partial charge in [0.15, 0.2) is 0 Å². The number of aliphatic hydroxyl groups is 1. The van der Waals surface area contributed by atoms with Crippen molar-refractivity contribution in [2.75, 3.05) is 13.1 Å². The summed E-state index contributed by atoms with van der Waals surface area (Å²) in [6, 6.07) is 1.85. The third kappa shape index (κ3) is 4.58. The molecule has 2 rings (SSSR count). The highest BCUT2D eigenvalue weighted by molar-refractivity contribution is 6.31. The first-order valence-corrected chi connectivity index (χ1v) is 7.88. The molecule has 1 aliphatic rings. The molecule has 0 aliphatic carbocycles. The number of ether oxygens (including phenoxy) is 1. The molecule has 1 N–H and O–H groups in total. The molecule has 1 saturated heterocycles. The van der Waals surface area contributed by atoms with Crippen LogP contribution in [0.2, 0.25) is 5.02 Å². The predicted octanol–water partition coefficient (Wildman–Crippen LogP) is 2.90.